The zero-order valence-corrected chi connectivity index (χ0v) is 11.2. The summed E-state index contributed by atoms with van der Waals surface area (Å²) in [4.78, 5) is 15.7. The molecule has 9 heteroatoms. The maximum absolute atomic E-state index is 11.1. The Morgan fingerprint density at radius 2 is 2.33 bits per heavy atom. The number of hydroxylamine groups is 2. The Balaban J connectivity index is 2.54. The zero-order chi connectivity index (χ0) is 13.5. The summed E-state index contributed by atoms with van der Waals surface area (Å²) in [5, 5.41) is 12.8. The second-order valence-corrected chi connectivity index (χ2v) is 5.05. The number of hydrogen-bond acceptors (Lipinski definition) is 7. The number of hydrogen-bond donors (Lipinski definition) is 3. The Kier molecular flexibility index (Phi) is 6.68. The third-order valence-electron chi connectivity index (χ3n) is 2.61. The lowest BCUT2D eigenvalue weighted by molar-refractivity contribution is -0.179. The fourth-order valence-corrected chi connectivity index (χ4v) is 2.43. The van der Waals surface area contributed by atoms with Crippen LogP contribution in [-0.4, -0.2) is 51.9 Å². The SMILES string of the molecule is CC(=O)NC1CCN(OS(C)=O)C(CONO)C1. The molecule has 0 aromatic rings. The number of nitrogens with one attached hydrogen (secondary N) is 2. The van der Waals surface area contributed by atoms with Crippen LogP contribution in [0, 0.1) is 0 Å². The van der Waals surface area contributed by atoms with Crippen molar-refractivity contribution in [3.05, 3.63) is 0 Å². The fourth-order valence-electron chi connectivity index (χ4n) is 1.97. The average Bonchev–Trinajstić information content (AvgIpc) is 2.27. The lowest BCUT2D eigenvalue weighted by atomic mass is 9.99. The molecule has 3 atom stereocenters. The van der Waals surface area contributed by atoms with E-state index in [1.54, 1.807) is 10.7 Å². The van der Waals surface area contributed by atoms with E-state index in [0.717, 1.165) is 0 Å². The summed E-state index contributed by atoms with van der Waals surface area (Å²) < 4.78 is 16.2. The molecule has 1 aliphatic heterocycles. The molecule has 0 bridgehead atoms. The molecule has 0 aromatic carbocycles. The van der Waals surface area contributed by atoms with Gasteiger partial charge in [0.05, 0.1) is 12.6 Å². The third-order valence-corrected chi connectivity index (χ3v) is 3.01. The van der Waals surface area contributed by atoms with Gasteiger partial charge in [-0.15, -0.1) is 0 Å². The van der Waals surface area contributed by atoms with Crippen molar-refractivity contribution in [2.24, 2.45) is 0 Å². The Morgan fingerprint density at radius 3 is 2.89 bits per heavy atom. The van der Waals surface area contributed by atoms with E-state index in [0.29, 0.717) is 19.4 Å². The van der Waals surface area contributed by atoms with Crippen LogP contribution in [0.3, 0.4) is 0 Å². The van der Waals surface area contributed by atoms with Gasteiger partial charge < -0.3 is 5.32 Å². The van der Waals surface area contributed by atoms with E-state index in [4.69, 9.17) is 14.3 Å². The van der Waals surface area contributed by atoms with Gasteiger partial charge in [0.1, 0.15) is 0 Å². The highest BCUT2D eigenvalue weighted by Gasteiger charge is 2.31. The van der Waals surface area contributed by atoms with Gasteiger partial charge in [-0.25, -0.2) is 4.21 Å². The van der Waals surface area contributed by atoms with Crippen LogP contribution >= 0.6 is 0 Å². The maximum Gasteiger partial charge on any atom is 0.217 e. The maximum atomic E-state index is 11.1. The van der Waals surface area contributed by atoms with Gasteiger partial charge >= 0.3 is 0 Å². The number of carbonyl (C=O) groups excluding carboxylic acids is 1. The first-order valence-corrected chi connectivity index (χ1v) is 7.07. The van der Waals surface area contributed by atoms with Crippen molar-refractivity contribution in [1.82, 2.24) is 16.0 Å². The molecule has 0 aromatic heterocycles. The quantitative estimate of drug-likeness (QED) is 0.542. The van der Waals surface area contributed by atoms with Crippen molar-refractivity contribution >= 4 is 17.0 Å². The molecule has 3 unspecified atom stereocenters. The Morgan fingerprint density at radius 1 is 1.61 bits per heavy atom. The molecular weight excluding hydrogens is 262 g/mol. The van der Waals surface area contributed by atoms with Gasteiger partial charge in [0.2, 0.25) is 5.91 Å². The van der Waals surface area contributed by atoms with Crippen molar-refractivity contribution in [3.63, 3.8) is 0 Å². The molecule has 8 nitrogen and oxygen atoms in total. The van der Waals surface area contributed by atoms with Gasteiger partial charge in [0, 0.05) is 25.8 Å². The van der Waals surface area contributed by atoms with Crippen molar-refractivity contribution in [2.45, 2.75) is 31.8 Å². The van der Waals surface area contributed by atoms with E-state index < -0.39 is 11.1 Å². The summed E-state index contributed by atoms with van der Waals surface area (Å²) in [5.74, 6) is -0.0895. The molecule has 1 amide bonds. The molecule has 3 N–H and O–H groups in total. The van der Waals surface area contributed by atoms with Crippen LogP contribution in [0.4, 0.5) is 0 Å². The normalized spacial score (nSPS) is 26.8. The van der Waals surface area contributed by atoms with E-state index >= 15 is 0 Å². The van der Waals surface area contributed by atoms with E-state index in [-0.39, 0.29) is 24.6 Å². The summed E-state index contributed by atoms with van der Waals surface area (Å²) in [6.07, 6.45) is 2.74. The van der Waals surface area contributed by atoms with Crippen LogP contribution in [0.5, 0.6) is 0 Å². The second-order valence-electron chi connectivity index (χ2n) is 4.09. The van der Waals surface area contributed by atoms with Crippen LogP contribution in [0.25, 0.3) is 0 Å². The number of amides is 1. The van der Waals surface area contributed by atoms with Crippen LogP contribution in [0.15, 0.2) is 0 Å². The molecular formula is C9H19N3O5S. The fraction of sp³-hybridized carbons (Fsp3) is 0.889. The molecule has 106 valence electrons. The number of nitrogens with zero attached hydrogens (tertiary/aromatic N) is 1. The van der Waals surface area contributed by atoms with E-state index in [2.05, 4.69) is 5.32 Å². The molecule has 0 spiro atoms. The molecule has 1 heterocycles. The first-order chi connectivity index (χ1) is 8.52. The van der Waals surface area contributed by atoms with Crippen molar-refractivity contribution < 1.29 is 23.3 Å². The lowest BCUT2D eigenvalue weighted by Gasteiger charge is -2.37. The predicted molar refractivity (Wildman–Crippen MR) is 63.4 cm³/mol. The highest BCUT2D eigenvalue weighted by Crippen LogP contribution is 2.18. The van der Waals surface area contributed by atoms with Gasteiger partial charge in [0.25, 0.3) is 0 Å². The zero-order valence-electron chi connectivity index (χ0n) is 10.4. The summed E-state index contributed by atoms with van der Waals surface area (Å²) in [6, 6.07) is -0.168. The standard InChI is InChI=1S/C9H19N3O5S/c1-7(13)10-8-3-4-12(17-18(2)15)9(5-8)6-16-11-14/h8-9,11,14H,3-6H2,1-2H3,(H,10,13). The lowest BCUT2D eigenvalue weighted by Crippen LogP contribution is -2.51. The van der Waals surface area contributed by atoms with Gasteiger partial charge in [-0.2, -0.15) is 9.35 Å². The molecule has 0 saturated carbocycles. The Bertz CT molecular complexity index is 304. The Hall–Kier alpha value is -0.580. The predicted octanol–water partition coefficient (Wildman–Crippen LogP) is -0.909. The van der Waals surface area contributed by atoms with E-state index in [1.165, 1.54) is 13.2 Å². The van der Waals surface area contributed by atoms with E-state index in [1.807, 2.05) is 0 Å². The molecule has 1 fully saturated rings. The minimum atomic E-state index is -1.41. The van der Waals surface area contributed by atoms with Crippen LogP contribution in [-0.2, 0) is 25.0 Å². The number of rotatable bonds is 6. The topological polar surface area (TPSA) is 100 Å². The van der Waals surface area contributed by atoms with Gasteiger partial charge in [-0.05, 0) is 12.8 Å². The van der Waals surface area contributed by atoms with Gasteiger partial charge in [-0.1, -0.05) is 5.64 Å². The Labute approximate surface area is 108 Å². The minimum absolute atomic E-state index is 0.0277. The first kappa shape index (κ1) is 15.5. The molecule has 0 radical (unpaired) electrons. The summed E-state index contributed by atoms with van der Waals surface area (Å²) in [5.41, 5.74) is 1.60. The largest absolute Gasteiger partial charge is 0.354 e. The highest BCUT2D eigenvalue weighted by molar-refractivity contribution is 7.79. The van der Waals surface area contributed by atoms with Gasteiger partial charge in [0.15, 0.2) is 11.1 Å². The van der Waals surface area contributed by atoms with Crippen molar-refractivity contribution in [3.8, 4) is 0 Å². The number of piperidine rings is 1. The summed E-state index contributed by atoms with van der Waals surface area (Å²) >= 11 is -1.41. The molecule has 0 aliphatic carbocycles. The van der Waals surface area contributed by atoms with Crippen molar-refractivity contribution in [1.29, 1.82) is 0 Å². The number of carbonyl (C=O) groups is 1. The molecule has 1 saturated heterocycles. The summed E-state index contributed by atoms with van der Waals surface area (Å²) in [6.45, 7) is 2.15. The first-order valence-electron chi connectivity index (χ1n) is 5.59. The summed E-state index contributed by atoms with van der Waals surface area (Å²) in [7, 11) is 0. The third kappa shape index (κ3) is 5.38. The van der Waals surface area contributed by atoms with E-state index in [9.17, 15) is 9.00 Å². The van der Waals surface area contributed by atoms with Crippen LogP contribution < -0.4 is 11.0 Å². The second kappa shape index (κ2) is 7.77. The minimum Gasteiger partial charge on any atom is -0.354 e. The molecule has 1 aliphatic rings. The molecule has 18 heavy (non-hydrogen) atoms. The monoisotopic (exact) mass is 281 g/mol. The smallest absolute Gasteiger partial charge is 0.217 e. The average molecular weight is 281 g/mol. The van der Waals surface area contributed by atoms with Crippen molar-refractivity contribution in [2.75, 3.05) is 19.4 Å². The van der Waals surface area contributed by atoms with Crippen LogP contribution in [0.1, 0.15) is 19.8 Å². The highest BCUT2D eigenvalue weighted by atomic mass is 32.2. The van der Waals surface area contributed by atoms with Gasteiger partial charge in [-0.3, -0.25) is 14.8 Å². The van der Waals surface area contributed by atoms with Crippen LogP contribution in [0.2, 0.25) is 0 Å². The molecule has 1 rings (SSSR count).